The summed E-state index contributed by atoms with van der Waals surface area (Å²) < 4.78 is 1.46. The number of nitrogens with one attached hydrogen (secondary N) is 2. The molecule has 2 rings (SSSR count). The molecule has 1 aromatic rings. The molecule has 2 heterocycles. The van der Waals surface area contributed by atoms with E-state index in [0.29, 0.717) is 5.82 Å². The van der Waals surface area contributed by atoms with Gasteiger partial charge in [0.1, 0.15) is 6.20 Å². The Labute approximate surface area is 99.3 Å². The fraction of sp³-hybridized carbons (Fsp3) is 0.700. The lowest BCUT2D eigenvalue weighted by atomic mass is 10.1. The number of aromatic nitrogens is 2. The second-order valence-electron chi connectivity index (χ2n) is 4.33. The predicted molar refractivity (Wildman–Crippen MR) is 64.0 cm³/mol. The van der Waals surface area contributed by atoms with Crippen LogP contribution in [0.15, 0.2) is 6.20 Å². The molecule has 1 saturated heterocycles. The van der Waals surface area contributed by atoms with E-state index in [-0.39, 0.29) is 11.7 Å². The van der Waals surface area contributed by atoms with Gasteiger partial charge < -0.3 is 10.6 Å². The van der Waals surface area contributed by atoms with Gasteiger partial charge in [-0.3, -0.25) is 14.8 Å². The van der Waals surface area contributed by atoms with Crippen LogP contribution in [0.4, 0.5) is 11.5 Å². The van der Waals surface area contributed by atoms with Crippen molar-refractivity contribution >= 4 is 11.5 Å². The van der Waals surface area contributed by atoms with Crippen LogP contribution in [0.1, 0.15) is 19.3 Å². The molecule has 2 N–H and O–H groups in total. The average molecular weight is 239 g/mol. The van der Waals surface area contributed by atoms with Crippen LogP contribution >= 0.6 is 0 Å². The van der Waals surface area contributed by atoms with E-state index in [1.54, 1.807) is 7.05 Å². The van der Waals surface area contributed by atoms with Gasteiger partial charge in [-0.25, -0.2) is 0 Å². The minimum atomic E-state index is -0.403. The number of rotatable bonds is 3. The van der Waals surface area contributed by atoms with Crippen LogP contribution in [-0.4, -0.2) is 33.8 Å². The number of anilines is 1. The predicted octanol–water partition coefficient (Wildman–Crippen LogP) is 0.882. The molecule has 0 spiro atoms. The highest BCUT2D eigenvalue weighted by Crippen LogP contribution is 2.23. The molecule has 1 aliphatic heterocycles. The monoisotopic (exact) mass is 239 g/mol. The van der Waals surface area contributed by atoms with Gasteiger partial charge in [-0.05, 0) is 19.4 Å². The molecule has 7 heteroatoms. The first-order valence-electron chi connectivity index (χ1n) is 5.82. The van der Waals surface area contributed by atoms with Crippen LogP contribution in [-0.2, 0) is 7.05 Å². The Morgan fingerprint density at radius 1 is 1.65 bits per heavy atom. The second-order valence-corrected chi connectivity index (χ2v) is 4.33. The van der Waals surface area contributed by atoms with Crippen molar-refractivity contribution in [2.45, 2.75) is 25.3 Å². The van der Waals surface area contributed by atoms with Gasteiger partial charge in [0.05, 0.1) is 4.92 Å². The van der Waals surface area contributed by atoms with E-state index in [9.17, 15) is 10.1 Å². The van der Waals surface area contributed by atoms with Crippen LogP contribution < -0.4 is 10.6 Å². The zero-order chi connectivity index (χ0) is 12.3. The number of hydrogen-bond donors (Lipinski definition) is 2. The van der Waals surface area contributed by atoms with Crippen molar-refractivity contribution in [3.05, 3.63) is 16.3 Å². The minimum absolute atomic E-state index is 0.0387. The Kier molecular flexibility index (Phi) is 3.58. The fourth-order valence-corrected chi connectivity index (χ4v) is 2.05. The van der Waals surface area contributed by atoms with Crippen molar-refractivity contribution in [3.8, 4) is 0 Å². The summed E-state index contributed by atoms with van der Waals surface area (Å²) in [4.78, 5) is 10.4. The number of nitro groups is 1. The second kappa shape index (κ2) is 5.13. The molecule has 0 radical (unpaired) electrons. The zero-order valence-corrected chi connectivity index (χ0v) is 9.85. The lowest BCUT2D eigenvalue weighted by Gasteiger charge is -2.15. The summed E-state index contributed by atoms with van der Waals surface area (Å²) in [5.74, 6) is 0.367. The molecular weight excluding hydrogens is 222 g/mol. The molecule has 0 amide bonds. The highest BCUT2D eigenvalue weighted by molar-refractivity contribution is 5.55. The van der Waals surface area contributed by atoms with Crippen LogP contribution in [0.5, 0.6) is 0 Å². The van der Waals surface area contributed by atoms with Gasteiger partial charge in [-0.1, -0.05) is 6.42 Å². The van der Waals surface area contributed by atoms with Gasteiger partial charge in [0.2, 0.25) is 5.82 Å². The quantitative estimate of drug-likeness (QED) is 0.604. The Balaban J connectivity index is 2.08. The molecule has 0 aromatic carbocycles. The van der Waals surface area contributed by atoms with E-state index in [1.807, 2.05) is 0 Å². The maximum absolute atomic E-state index is 10.8. The third-order valence-electron chi connectivity index (χ3n) is 2.89. The van der Waals surface area contributed by atoms with Crippen molar-refractivity contribution in [3.63, 3.8) is 0 Å². The Morgan fingerprint density at radius 3 is 3.24 bits per heavy atom. The Morgan fingerprint density at radius 2 is 2.47 bits per heavy atom. The summed E-state index contributed by atoms with van der Waals surface area (Å²) in [6, 6.07) is 0.214. The highest BCUT2D eigenvalue weighted by atomic mass is 16.6. The molecule has 17 heavy (non-hydrogen) atoms. The maximum Gasteiger partial charge on any atom is 0.330 e. The molecule has 1 unspecified atom stereocenters. The summed E-state index contributed by atoms with van der Waals surface area (Å²) in [6.07, 6.45) is 4.72. The number of nitrogens with zero attached hydrogens (tertiary/aromatic N) is 3. The standard InChI is InChI=1S/C10H17N5O2/c1-14-7-9(15(16)17)10(13-14)12-8-4-2-3-5-11-6-8/h7-8,11H,2-6H2,1H3,(H,12,13). The smallest absolute Gasteiger partial charge is 0.330 e. The van der Waals surface area contributed by atoms with Crippen molar-refractivity contribution < 1.29 is 4.92 Å². The molecule has 7 nitrogen and oxygen atoms in total. The fourth-order valence-electron chi connectivity index (χ4n) is 2.05. The zero-order valence-electron chi connectivity index (χ0n) is 9.85. The normalized spacial score (nSPS) is 20.9. The lowest BCUT2D eigenvalue weighted by Crippen LogP contribution is -2.31. The minimum Gasteiger partial charge on any atom is -0.359 e. The molecule has 1 fully saturated rings. The first kappa shape index (κ1) is 11.8. The molecule has 1 aliphatic rings. The molecule has 0 bridgehead atoms. The average Bonchev–Trinajstić information content (AvgIpc) is 2.50. The first-order valence-corrected chi connectivity index (χ1v) is 5.82. The summed E-state index contributed by atoms with van der Waals surface area (Å²) in [7, 11) is 1.68. The van der Waals surface area contributed by atoms with E-state index >= 15 is 0 Å². The molecule has 1 aromatic heterocycles. The van der Waals surface area contributed by atoms with Crippen LogP contribution in [0.3, 0.4) is 0 Å². The van der Waals surface area contributed by atoms with Crippen molar-refractivity contribution in [1.82, 2.24) is 15.1 Å². The topological polar surface area (TPSA) is 85.0 Å². The molecule has 94 valence electrons. The first-order chi connectivity index (χ1) is 8.16. The number of hydrogen-bond acceptors (Lipinski definition) is 5. The van der Waals surface area contributed by atoms with Crippen molar-refractivity contribution in [2.24, 2.45) is 7.05 Å². The molecular formula is C10H17N5O2. The van der Waals surface area contributed by atoms with Gasteiger partial charge in [-0.2, -0.15) is 0 Å². The Bertz CT molecular complexity index is 395. The number of aryl methyl sites for hydroxylation is 1. The summed E-state index contributed by atoms with van der Waals surface area (Å²) >= 11 is 0. The van der Waals surface area contributed by atoms with Crippen molar-refractivity contribution in [1.29, 1.82) is 0 Å². The Hall–Kier alpha value is -1.63. The highest BCUT2D eigenvalue weighted by Gasteiger charge is 2.21. The van der Waals surface area contributed by atoms with E-state index in [0.717, 1.165) is 32.4 Å². The summed E-state index contributed by atoms with van der Waals surface area (Å²) in [6.45, 7) is 1.84. The van der Waals surface area contributed by atoms with E-state index < -0.39 is 4.92 Å². The van der Waals surface area contributed by atoms with Crippen LogP contribution in [0.25, 0.3) is 0 Å². The van der Waals surface area contributed by atoms with E-state index in [1.165, 1.54) is 10.9 Å². The van der Waals surface area contributed by atoms with E-state index in [4.69, 9.17) is 0 Å². The van der Waals surface area contributed by atoms with Gasteiger partial charge in [0, 0.05) is 19.6 Å². The summed E-state index contributed by atoms with van der Waals surface area (Å²) in [5.41, 5.74) is 0.0387. The summed E-state index contributed by atoms with van der Waals surface area (Å²) in [5, 5.41) is 21.4. The van der Waals surface area contributed by atoms with E-state index in [2.05, 4.69) is 15.7 Å². The largest absolute Gasteiger partial charge is 0.359 e. The van der Waals surface area contributed by atoms with Gasteiger partial charge in [0.25, 0.3) is 0 Å². The van der Waals surface area contributed by atoms with Crippen LogP contribution in [0, 0.1) is 10.1 Å². The van der Waals surface area contributed by atoms with Crippen molar-refractivity contribution in [2.75, 3.05) is 18.4 Å². The van der Waals surface area contributed by atoms with Gasteiger partial charge in [-0.15, -0.1) is 5.10 Å². The molecule has 1 atom stereocenters. The lowest BCUT2D eigenvalue weighted by molar-refractivity contribution is -0.384. The van der Waals surface area contributed by atoms with Gasteiger partial charge in [0.15, 0.2) is 0 Å². The third kappa shape index (κ3) is 2.94. The van der Waals surface area contributed by atoms with Gasteiger partial charge >= 0.3 is 5.69 Å². The SMILES string of the molecule is Cn1cc([N+](=O)[O-])c(NC2CCCCNC2)n1. The maximum atomic E-state index is 10.8. The third-order valence-corrected chi connectivity index (χ3v) is 2.89. The molecule has 0 saturated carbocycles. The van der Waals surface area contributed by atoms with Crippen LogP contribution in [0.2, 0.25) is 0 Å². The molecule has 0 aliphatic carbocycles.